The van der Waals surface area contributed by atoms with Crippen molar-refractivity contribution in [1.29, 1.82) is 10.5 Å². The molecule has 0 bridgehead atoms. The highest BCUT2D eigenvalue weighted by molar-refractivity contribution is 6.07. The number of nitrogens with zero attached hydrogens (tertiary/aromatic N) is 4. The number of rotatable bonds is 3. The number of piperazine rings is 1. The summed E-state index contributed by atoms with van der Waals surface area (Å²) in [6.07, 6.45) is 1.59. The van der Waals surface area contributed by atoms with Crippen LogP contribution in [0.3, 0.4) is 0 Å². The van der Waals surface area contributed by atoms with Crippen molar-refractivity contribution >= 4 is 11.6 Å². The lowest BCUT2D eigenvalue weighted by molar-refractivity contribution is -0.112. The van der Waals surface area contributed by atoms with Crippen LogP contribution < -0.4 is 5.32 Å². The van der Waals surface area contributed by atoms with Crippen LogP contribution in [-0.2, 0) is 4.79 Å². The molecule has 0 aromatic heterocycles. The maximum absolute atomic E-state index is 12.2. The summed E-state index contributed by atoms with van der Waals surface area (Å²) in [6.45, 7) is 3.36. The topological polar surface area (TPSA) is 83.2 Å². The molecular weight excluding hydrogens is 278 g/mol. The van der Waals surface area contributed by atoms with E-state index in [4.69, 9.17) is 5.26 Å². The van der Waals surface area contributed by atoms with E-state index in [1.165, 1.54) is 0 Å². The second-order valence-corrected chi connectivity index (χ2v) is 5.11. The Labute approximate surface area is 129 Å². The summed E-state index contributed by atoms with van der Waals surface area (Å²) in [4.78, 5) is 16.4. The second-order valence-electron chi connectivity index (χ2n) is 5.11. The first-order valence-electron chi connectivity index (χ1n) is 6.99. The standard InChI is InChI=1S/C16H17N5O/c1-20-6-8-21(9-7-20)12-14(11-18)16(22)19-15-5-3-2-4-13(15)10-17/h2-5,12H,6-9H2,1H3,(H,19,22)/b14-12-. The normalized spacial score (nSPS) is 15.8. The lowest BCUT2D eigenvalue weighted by Crippen LogP contribution is -2.42. The molecule has 1 fully saturated rings. The molecule has 2 rings (SSSR count). The zero-order valence-electron chi connectivity index (χ0n) is 12.4. The first-order chi connectivity index (χ1) is 10.6. The van der Waals surface area contributed by atoms with Gasteiger partial charge in [-0.2, -0.15) is 10.5 Å². The lowest BCUT2D eigenvalue weighted by Gasteiger charge is -2.31. The third kappa shape index (κ3) is 3.85. The number of carbonyl (C=O) groups excluding carboxylic acids is 1. The van der Waals surface area contributed by atoms with E-state index >= 15 is 0 Å². The summed E-state index contributed by atoms with van der Waals surface area (Å²) >= 11 is 0. The van der Waals surface area contributed by atoms with E-state index < -0.39 is 5.91 Å². The van der Waals surface area contributed by atoms with Crippen molar-refractivity contribution in [1.82, 2.24) is 9.80 Å². The Morgan fingerprint density at radius 3 is 2.55 bits per heavy atom. The zero-order valence-corrected chi connectivity index (χ0v) is 12.4. The van der Waals surface area contributed by atoms with Crippen LogP contribution in [0.2, 0.25) is 0 Å². The Kier molecular flexibility index (Phi) is 5.13. The van der Waals surface area contributed by atoms with E-state index in [1.807, 2.05) is 24.1 Å². The molecule has 22 heavy (non-hydrogen) atoms. The number of hydrogen-bond donors (Lipinski definition) is 1. The average molecular weight is 295 g/mol. The summed E-state index contributed by atoms with van der Waals surface area (Å²) in [6, 6.07) is 10.6. The van der Waals surface area contributed by atoms with Crippen molar-refractivity contribution in [3.63, 3.8) is 0 Å². The van der Waals surface area contributed by atoms with E-state index in [1.54, 1.807) is 30.5 Å². The van der Waals surface area contributed by atoms with Gasteiger partial charge in [0.2, 0.25) is 0 Å². The van der Waals surface area contributed by atoms with E-state index in [0.29, 0.717) is 11.3 Å². The summed E-state index contributed by atoms with van der Waals surface area (Å²) in [5, 5.41) is 20.8. The minimum atomic E-state index is -0.496. The van der Waals surface area contributed by atoms with Gasteiger partial charge in [-0.25, -0.2) is 0 Å². The molecule has 0 atom stereocenters. The van der Waals surface area contributed by atoms with Crippen LogP contribution in [0, 0.1) is 22.7 Å². The van der Waals surface area contributed by atoms with Gasteiger partial charge >= 0.3 is 0 Å². The molecule has 0 spiro atoms. The van der Waals surface area contributed by atoms with Gasteiger partial charge in [0.25, 0.3) is 5.91 Å². The highest BCUT2D eigenvalue weighted by Crippen LogP contribution is 2.15. The molecule has 0 radical (unpaired) electrons. The molecule has 1 amide bonds. The van der Waals surface area contributed by atoms with Crippen LogP contribution in [0.4, 0.5) is 5.69 Å². The molecular formula is C16H17N5O. The third-order valence-electron chi connectivity index (χ3n) is 3.51. The predicted octanol–water partition coefficient (Wildman–Crippen LogP) is 1.15. The molecule has 1 N–H and O–H groups in total. The maximum Gasteiger partial charge on any atom is 0.267 e. The number of amides is 1. The largest absolute Gasteiger partial charge is 0.374 e. The van der Waals surface area contributed by atoms with Crippen LogP contribution in [0.15, 0.2) is 36.0 Å². The van der Waals surface area contributed by atoms with Crippen LogP contribution in [-0.4, -0.2) is 48.9 Å². The molecule has 1 aromatic rings. The van der Waals surface area contributed by atoms with Crippen molar-refractivity contribution in [2.45, 2.75) is 0 Å². The summed E-state index contributed by atoms with van der Waals surface area (Å²) < 4.78 is 0. The second kappa shape index (κ2) is 7.26. The quantitative estimate of drug-likeness (QED) is 0.668. The Bertz CT molecular complexity index is 660. The number of nitriles is 2. The number of anilines is 1. The average Bonchev–Trinajstić information content (AvgIpc) is 2.54. The first kappa shape index (κ1) is 15.6. The van der Waals surface area contributed by atoms with Crippen LogP contribution in [0.5, 0.6) is 0 Å². The Hall–Kier alpha value is -2.83. The van der Waals surface area contributed by atoms with Crippen molar-refractivity contribution in [3.05, 3.63) is 41.6 Å². The Morgan fingerprint density at radius 1 is 1.23 bits per heavy atom. The van der Waals surface area contributed by atoms with E-state index in [0.717, 1.165) is 26.2 Å². The number of hydrogen-bond acceptors (Lipinski definition) is 5. The molecule has 0 unspecified atom stereocenters. The highest BCUT2D eigenvalue weighted by atomic mass is 16.1. The molecule has 6 heteroatoms. The van der Waals surface area contributed by atoms with Gasteiger partial charge in [-0.3, -0.25) is 4.79 Å². The van der Waals surface area contributed by atoms with Gasteiger partial charge in [-0.05, 0) is 19.2 Å². The number of likely N-dealkylation sites (N-methyl/N-ethyl adjacent to an activating group) is 1. The van der Waals surface area contributed by atoms with Gasteiger partial charge in [0.1, 0.15) is 17.7 Å². The van der Waals surface area contributed by atoms with Gasteiger partial charge in [-0.1, -0.05) is 12.1 Å². The highest BCUT2D eigenvalue weighted by Gasteiger charge is 2.16. The minimum absolute atomic E-state index is 0.0392. The fourth-order valence-electron chi connectivity index (χ4n) is 2.15. The van der Waals surface area contributed by atoms with Crippen molar-refractivity contribution in [2.75, 3.05) is 38.5 Å². The summed E-state index contributed by atoms with van der Waals surface area (Å²) in [7, 11) is 2.04. The van der Waals surface area contributed by atoms with Crippen molar-refractivity contribution in [3.8, 4) is 12.1 Å². The molecule has 0 saturated carbocycles. The smallest absolute Gasteiger partial charge is 0.267 e. The van der Waals surface area contributed by atoms with E-state index in [2.05, 4.69) is 10.2 Å². The Morgan fingerprint density at radius 2 is 1.91 bits per heavy atom. The van der Waals surface area contributed by atoms with E-state index in [9.17, 15) is 10.1 Å². The van der Waals surface area contributed by atoms with Gasteiger partial charge in [-0.15, -0.1) is 0 Å². The molecule has 1 aliphatic heterocycles. The van der Waals surface area contributed by atoms with Gasteiger partial charge in [0, 0.05) is 32.4 Å². The van der Waals surface area contributed by atoms with Gasteiger partial charge < -0.3 is 15.1 Å². The fourth-order valence-corrected chi connectivity index (χ4v) is 2.15. The number of benzene rings is 1. The van der Waals surface area contributed by atoms with Crippen LogP contribution in [0.25, 0.3) is 0 Å². The summed E-state index contributed by atoms with van der Waals surface area (Å²) in [5.74, 6) is -0.496. The predicted molar refractivity (Wildman–Crippen MR) is 82.6 cm³/mol. The number of carbonyl (C=O) groups is 1. The number of nitrogens with one attached hydrogen (secondary N) is 1. The molecule has 1 saturated heterocycles. The van der Waals surface area contributed by atoms with Crippen LogP contribution in [0.1, 0.15) is 5.56 Å². The molecule has 1 heterocycles. The molecule has 6 nitrogen and oxygen atoms in total. The first-order valence-corrected chi connectivity index (χ1v) is 6.99. The maximum atomic E-state index is 12.2. The minimum Gasteiger partial charge on any atom is -0.374 e. The zero-order chi connectivity index (χ0) is 15.9. The van der Waals surface area contributed by atoms with Gasteiger partial charge in [0.15, 0.2) is 0 Å². The third-order valence-corrected chi connectivity index (χ3v) is 3.51. The monoisotopic (exact) mass is 295 g/mol. The summed E-state index contributed by atoms with van der Waals surface area (Å²) in [5.41, 5.74) is 0.819. The SMILES string of the molecule is CN1CCN(/C=C(/C#N)C(=O)Nc2ccccc2C#N)CC1. The molecule has 1 aliphatic rings. The lowest BCUT2D eigenvalue weighted by atomic mass is 10.2. The molecule has 112 valence electrons. The van der Waals surface area contributed by atoms with E-state index in [-0.39, 0.29) is 5.57 Å². The fraction of sp³-hybridized carbons (Fsp3) is 0.312. The van der Waals surface area contributed by atoms with Crippen molar-refractivity contribution < 1.29 is 4.79 Å². The Balaban J connectivity index is 2.09. The molecule has 1 aromatic carbocycles. The van der Waals surface area contributed by atoms with Gasteiger partial charge in [0.05, 0.1) is 11.3 Å². The molecule has 0 aliphatic carbocycles. The number of para-hydroxylation sites is 1. The van der Waals surface area contributed by atoms with Crippen molar-refractivity contribution in [2.24, 2.45) is 0 Å². The van der Waals surface area contributed by atoms with Crippen LogP contribution >= 0.6 is 0 Å².